The lowest BCUT2D eigenvalue weighted by molar-refractivity contribution is 0.289. The zero-order chi connectivity index (χ0) is 12.9. The molecule has 92 valence electrons. The first kappa shape index (κ1) is 13.7. The van der Waals surface area contributed by atoms with Gasteiger partial charge in [-0.25, -0.2) is 0 Å². The highest BCUT2D eigenvalue weighted by molar-refractivity contribution is 5.31. The van der Waals surface area contributed by atoms with E-state index >= 15 is 0 Å². The van der Waals surface area contributed by atoms with E-state index in [1.165, 1.54) is 5.56 Å². The number of aliphatic hydroxyl groups excluding tert-OH is 1. The Morgan fingerprint density at radius 1 is 1.29 bits per heavy atom. The maximum Gasteiger partial charge on any atom is 0.121 e. The summed E-state index contributed by atoms with van der Waals surface area (Å²) in [5.41, 5.74) is 2.31. The first-order valence-corrected chi connectivity index (χ1v) is 5.83. The fraction of sp³-hybridized carbons (Fsp3) is 0.500. The molecule has 0 radical (unpaired) electrons. The SMILES string of the molecule is CC(C)(C)c1ccc(C(C#N)NCCO)cc1. The van der Waals surface area contributed by atoms with Crippen LogP contribution in [0.4, 0.5) is 0 Å². The van der Waals surface area contributed by atoms with E-state index in [0.717, 1.165) is 5.56 Å². The zero-order valence-corrected chi connectivity index (χ0v) is 10.7. The van der Waals surface area contributed by atoms with Gasteiger partial charge in [-0.3, -0.25) is 5.32 Å². The van der Waals surface area contributed by atoms with Crippen molar-refractivity contribution in [1.82, 2.24) is 5.32 Å². The third kappa shape index (κ3) is 3.85. The molecule has 0 heterocycles. The highest BCUT2D eigenvalue weighted by Crippen LogP contribution is 2.23. The Labute approximate surface area is 103 Å². The lowest BCUT2D eigenvalue weighted by atomic mass is 9.86. The number of nitriles is 1. The van der Waals surface area contributed by atoms with Crippen LogP contribution in [0, 0.1) is 11.3 Å². The normalized spacial score (nSPS) is 13.1. The number of nitrogens with one attached hydrogen (secondary N) is 1. The van der Waals surface area contributed by atoms with Gasteiger partial charge in [0.1, 0.15) is 6.04 Å². The van der Waals surface area contributed by atoms with Gasteiger partial charge in [0.05, 0.1) is 12.7 Å². The Balaban J connectivity index is 2.83. The van der Waals surface area contributed by atoms with Gasteiger partial charge in [0.15, 0.2) is 0 Å². The summed E-state index contributed by atoms with van der Waals surface area (Å²) in [6, 6.07) is 9.89. The Morgan fingerprint density at radius 2 is 1.88 bits per heavy atom. The van der Waals surface area contributed by atoms with Crippen LogP contribution in [-0.2, 0) is 5.41 Å². The Bertz CT molecular complexity index is 384. The molecule has 0 saturated carbocycles. The van der Waals surface area contributed by atoms with Gasteiger partial charge in [-0.1, -0.05) is 45.0 Å². The van der Waals surface area contributed by atoms with E-state index in [1.54, 1.807) is 0 Å². The lowest BCUT2D eigenvalue weighted by Crippen LogP contribution is -2.23. The molecule has 3 heteroatoms. The molecule has 0 fully saturated rings. The van der Waals surface area contributed by atoms with Gasteiger partial charge in [-0.15, -0.1) is 0 Å². The predicted octanol–water partition coefficient (Wildman–Crippen LogP) is 2.13. The molecule has 0 aliphatic rings. The van der Waals surface area contributed by atoms with Crippen LogP contribution in [0.2, 0.25) is 0 Å². The van der Waals surface area contributed by atoms with Gasteiger partial charge in [-0.05, 0) is 16.5 Å². The molecule has 1 aromatic carbocycles. The van der Waals surface area contributed by atoms with Gasteiger partial charge in [0.2, 0.25) is 0 Å². The highest BCUT2D eigenvalue weighted by atomic mass is 16.3. The van der Waals surface area contributed by atoms with Crippen LogP contribution in [-0.4, -0.2) is 18.3 Å². The molecule has 3 nitrogen and oxygen atoms in total. The summed E-state index contributed by atoms with van der Waals surface area (Å²) in [6.45, 7) is 6.95. The Hall–Kier alpha value is -1.37. The number of hydrogen-bond donors (Lipinski definition) is 2. The van der Waals surface area contributed by atoms with Gasteiger partial charge in [-0.2, -0.15) is 5.26 Å². The van der Waals surface area contributed by atoms with Crippen LogP contribution in [0.1, 0.15) is 37.9 Å². The second kappa shape index (κ2) is 5.81. The van der Waals surface area contributed by atoms with E-state index in [2.05, 4.69) is 44.3 Å². The van der Waals surface area contributed by atoms with Crippen LogP contribution in [0.3, 0.4) is 0 Å². The molecular weight excluding hydrogens is 212 g/mol. The van der Waals surface area contributed by atoms with E-state index in [4.69, 9.17) is 10.4 Å². The molecule has 0 aliphatic heterocycles. The molecule has 0 spiro atoms. The molecule has 0 aliphatic carbocycles. The second-order valence-electron chi connectivity index (χ2n) is 5.11. The van der Waals surface area contributed by atoms with Crippen molar-refractivity contribution in [3.05, 3.63) is 35.4 Å². The molecule has 1 atom stereocenters. The summed E-state index contributed by atoms with van der Waals surface area (Å²) in [6.07, 6.45) is 0. The molecule has 0 saturated heterocycles. The fourth-order valence-electron chi connectivity index (χ4n) is 1.62. The monoisotopic (exact) mass is 232 g/mol. The standard InChI is InChI=1S/C14H20N2O/c1-14(2,3)12-6-4-11(5-7-12)13(10-15)16-8-9-17/h4-7,13,16-17H,8-9H2,1-3H3. The molecule has 1 aromatic rings. The van der Waals surface area contributed by atoms with Crippen LogP contribution < -0.4 is 5.32 Å². The Morgan fingerprint density at radius 3 is 2.29 bits per heavy atom. The molecule has 1 rings (SSSR count). The van der Waals surface area contributed by atoms with Crippen LogP contribution in [0.15, 0.2) is 24.3 Å². The second-order valence-corrected chi connectivity index (χ2v) is 5.11. The summed E-state index contributed by atoms with van der Waals surface area (Å²) < 4.78 is 0. The number of nitrogens with zero attached hydrogens (tertiary/aromatic N) is 1. The van der Waals surface area contributed by atoms with Crippen molar-refractivity contribution in [2.45, 2.75) is 32.2 Å². The van der Waals surface area contributed by atoms with Crippen LogP contribution >= 0.6 is 0 Å². The van der Waals surface area contributed by atoms with E-state index in [9.17, 15) is 0 Å². The fourth-order valence-corrected chi connectivity index (χ4v) is 1.62. The quantitative estimate of drug-likeness (QED) is 0.836. The summed E-state index contributed by atoms with van der Waals surface area (Å²) in [5.74, 6) is 0. The van der Waals surface area contributed by atoms with Gasteiger partial charge < -0.3 is 5.11 Å². The average Bonchev–Trinajstić information content (AvgIpc) is 2.29. The van der Waals surface area contributed by atoms with Crippen molar-refractivity contribution in [2.24, 2.45) is 0 Å². The number of benzene rings is 1. The number of hydrogen-bond acceptors (Lipinski definition) is 3. The lowest BCUT2D eigenvalue weighted by Gasteiger charge is -2.20. The van der Waals surface area contributed by atoms with E-state index in [-0.39, 0.29) is 18.1 Å². The number of rotatable bonds is 4. The highest BCUT2D eigenvalue weighted by Gasteiger charge is 2.15. The van der Waals surface area contributed by atoms with Gasteiger partial charge in [0, 0.05) is 6.54 Å². The summed E-state index contributed by atoms with van der Waals surface area (Å²) in [7, 11) is 0. The minimum atomic E-state index is -0.351. The minimum Gasteiger partial charge on any atom is -0.395 e. The van der Waals surface area contributed by atoms with Crippen molar-refractivity contribution >= 4 is 0 Å². The molecule has 2 N–H and O–H groups in total. The van der Waals surface area contributed by atoms with Crippen molar-refractivity contribution in [3.8, 4) is 6.07 Å². The van der Waals surface area contributed by atoms with Crippen LogP contribution in [0.25, 0.3) is 0 Å². The molecule has 17 heavy (non-hydrogen) atoms. The molecule has 0 amide bonds. The molecule has 1 unspecified atom stereocenters. The third-order valence-corrected chi connectivity index (χ3v) is 2.70. The van der Waals surface area contributed by atoms with Gasteiger partial charge in [0.25, 0.3) is 0 Å². The van der Waals surface area contributed by atoms with Crippen molar-refractivity contribution in [1.29, 1.82) is 5.26 Å². The van der Waals surface area contributed by atoms with E-state index in [0.29, 0.717) is 6.54 Å². The largest absolute Gasteiger partial charge is 0.395 e. The van der Waals surface area contributed by atoms with E-state index < -0.39 is 0 Å². The molecule has 0 aromatic heterocycles. The van der Waals surface area contributed by atoms with Gasteiger partial charge >= 0.3 is 0 Å². The van der Waals surface area contributed by atoms with E-state index in [1.807, 2.05) is 12.1 Å². The maximum atomic E-state index is 9.04. The topological polar surface area (TPSA) is 56.0 Å². The number of aliphatic hydroxyl groups is 1. The first-order chi connectivity index (χ1) is 7.99. The minimum absolute atomic E-state index is 0.0399. The maximum absolute atomic E-state index is 9.04. The average molecular weight is 232 g/mol. The first-order valence-electron chi connectivity index (χ1n) is 5.83. The third-order valence-electron chi connectivity index (χ3n) is 2.70. The summed E-state index contributed by atoms with van der Waals surface area (Å²) >= 11 is 0. The molecular formula is C14H20N2O. The van der Waals surface area contributed by atoms with Crippen molar-refractivity contribution in [3.63, 3.8) is 0 Å². The predicted molar refractivity (Wildman–Crippen MR) is 68.6 cm³/mol. The van der Waals surface area contributed by atoms with Crippen LogP contribution in [0.5, 0.6) is 0 Å². The smallest absolute Gasteiger partial charge is 0.121 e. The van der Waals surface area contributed by atoms with Crippen molar-refractivity contribution in [2.75, 3.05) is 13.2 Å². The Kier molecular flexibility index (Phi) is 4.68. The van der Waals surface area contributed by atoms with Crippen molar-refractivity contribution < 1.29 is 5.11 Å². The summed E-state index contributed by atoms with van der Waals surface area (Å²) in [5, 5.41) is 20.8. The molecule has 0 bridgehead atoms. The zero-order valence-electron chi connectivity index (χ0n) is 10.7. The summed E-state index contributed by atoms with van der Waals surface area (Å²) in [4.78, 5) is 0.